The van der Waals surface area contributed by atoms with Crippen molar-refractivity contribution in [2.45, 2.75) is 12.8 Å². The molecule has 0 spiro atoms. The molecule has 3 heterocycles. The quantitative estimate of drug-likeness (QED) is 0.0313. The third-order valence-corrected chi connectivity index (χ3v) is 12.2. The second-order valence-corrected chi connectivity index (χ2v) is 17.5. The van der Waals surface area contributed by atoms with E-state index in [1.807, 2.05) is 19.0 Å². The van der Waals surface area contributed by atoms with E-state index >= 15 is 0 Å². The Morgan fingerprint density at radius 3 is 1.77 bits per heavy atom. The number of amides is 8. The lowest BCUT2D eigenvalue weighted by Gasteiger charge is -2.28. The highest BCUT2D eigenvalue weighted by molar-refractivity contribution is 6.36. The second kappa shape index (κ2) is 21.0. The molecule has 0 saturated carbocycles. The maximum Gasteiger partial charge on any atom is 0.270 e. The van der Waals surface area contributed by atoms with E-state index in [9.17, 15) is 58.6 Å². The normalized spacial score (nSPS) is 12.9. The van der Waals surface area contributed by atoms with Crippen molar-refractivity contribution in [2.75, 3.05) is 70.1 Å². The number of hydrogen-bond donors (Lipinski definition) is 5. The third kappa shape index (κ3) is 10.5. The minimum Gasteiger partial charge on any atom is -0.352 e. The molecule has 0 radical (unpaired) electrons. The first-order valence-corrected chi connectivity index (χ1v) is 22.9. The molecule has 23 heteroatoms. The predicted octanol–water partition coefficient (Wildman–Crippen LogP) is 4.00. The highest BCUT2D eigenvalue weighted by Crippen LogP contribution is 2.37. The van der Waals surface area contributed by atoms with Crippen molar-refractivity contribution in [1.82, 2.24) is 35.6 Å². The molecule has 5 aromatic carbocycles. The Morgan fingerprint density at radius 1 is 0.616 bits per heavy atom. The van der Waals surface area contributed by atoms with E-state index in [2.05, 4.69) is 26.6 Å². The number of nitrogens with one attached hydrogen (secondary N) is 5. The van der Waals surface area contributed by atoms with Gasteiger partial charge in [-0.2, -0.15) is 0 Å². The number of hydrogen-bond acceptors (Lipinski definition) is 14. The Morgan fingerprint density at radius 2 is 1.16 bits per heavy atom. The Balaban J connectivity index is 0.945. The van der Waals surface area contributed by atoms with E-state index in [0.29, 0.717) is 28.7 Å². The van der Waals surface area contributed by atoms with E-state index < -0.39 is 56.9 Å². The molecule has 0 atom stereocenters. The molecule has 8 amide bonds. The van der Waals surface area contributed by atoms with Crippen LogP contribution >= 0.6 is 0 Å². The van der Waals surface area contributed by atoms with Gasteiger partial charge >= 0.3 is 0 Å². The summed E-state index contributed by atoms with van der Waals surface area (Å²) in [5.74, 6) is -5.40. The zero-order valence-corrected chi connectivity index (χ0v) is 39.6. The van der Waals surface area contributed by atoms with Gasteiger partial charge in [0.25, 0.3) is 52.7 Å². The van der Waals surface area contributed by atoms with Gasteiger partial charge < -0.3 is 36.1 Å². The number of rotatable bonds is 20. The molecule has 0 unspecified atom stereocenters. The van der Waals surface area contributed by atoms with Crippen LogP contribution in [0.15, 0.2) is 91.1 Å². The molecule has 2 aliphatic heterocycles. The van der Waals surface area contributed by atoms with Crippen LogP contribution < -0.4 is 31.5 Å². The first-order chi connectivity index (χ1) is 34.9. The maximum atomic E-state index is 14.2. The molecule has 0 aliphatic carbocycles. The fourth-order valence-corrected chi connectivity index (χ4v) is 8.73. The Bertz CT molecular complexity index is 3350. The summed E-state index contributed by atoms with van der Waals surface area (Å²) in [6, 6.07) is 19.0. The number of carbonyl (C=O) groups is 8. The van der Waals surface area contributed by atoms with Crippen molar-refractivity contribution >= 4 is 91.6 Å². The minimum atomic E-state index is -0.947. The molecular weight excluding hydrogens is 947 g/mol. The molecule has 0 bridgehead atoms. The first kappa shape index (κ1) is 50.2. The Kier molecular flexibility index (Phi) is 14.4. The molecular formula is C50H47N11O12. The fourth-order valence-electron chi connectivity index (χ4n) is 8.73. The molecule has 374 valence electrons. The topological polar surface area (TPSA) is 298 Å². The fraction of sp³-hybridized carbons (Fsp3) is 0.240. The number of imide groups is 2. The number of benzene rings is 5. The Labute approximate surface area is 414 Å². The van der Waals surface area contributed by atoms with Crippen molar-refractivity contribution in [2.24, 2.45) is 7.05 Å². The average molecular weight is 994 g/mol. The summed E-state index contributed by atoms with van der Waals surface area (Å²) in [4.78, 5) is 134. The second-order valence-electron chi connectivity index (χ2n) is 17.5. The number of aromatic nitrogens is 1. The van der Waals surface area contributed by atoms with Gasteiger partial charge in [0.05, 0.1) is 32.3 Å². The highest BCUT2D eigenvalue weighted by atomic mass is 16.6. The lowest BCUT2D eigenvalue weighted by Crippen LogP contribution is -2.44. The van der Waals surface area contributed by atoms with Gasteiger partial charge in [0, 0.05) is 116 Å². The van der Waals surface area contributed by atoms with Crippen LogP contribution in [0.3, 0.4) is 0 Å². The smallest absolute Gasteiger partial charge is 0.270 e. The number of nitro groups is 2. The van der Waals surface area contributed by atoms with Crippen molar-refractivity contribution in [1.29, 1.82) is 0 Å². The molecule has 23 nitrogen and oxygen atoms in total. The monoisotopic (exact) mass is 993 g/mol. The van der Waals surface area contributed by atoms with Crippen LogP contribution in [0.2, 0.25) is 0 Å². The molecule has 1 aromatic heterocycles. The lowest BCUT2D eigenvalue weighted by molar-refractivity contribution is -0.384. The summed E-state index contributed by atoms with van der Waals surface area (Å²) < 4.78 is 1.57. The summed E-state index contributed by atoms with van der Waals surface area (Å²) in [5.41, 5.74) is -0.469. The zero-order valence-electron chi connectivity index (χ0n) is 39.6. The van der Waals surface area contributed by atoms with Gasteiger partial charge in [0.1, 0.15) is 5.69 Å². The SMILES string of the molecule is CN(C)CCCNC(=O)c1cc(NC(=O)CCNC(=O)c2cc(C(=O)NCCNCCN3C(=O)c4cccc5cc([N+](=O)[O-])cc(c45)C3=O)cc(N3C(=O)c4cccc5cc([N+](=O)[O-])cc(c45)C3=O)c2)cn1C. The van der Waals surface area contributed by atoms with Crippen LogP contribution in [0.5, 0.6) is 0 Å². The van der Waals surface area contributed by atoms with Gasteiger partial charge in [-0.15, -0.1) is 0 Å². The summed E-state index contributed by atoms with van der Waals surface area (Å²) in [6.45, 7) is 1.06. The van der Waals surface area contributed by atoms with Gasteiger partial charge in [-0.25, -0.2) is 4.90 Å². The van der Waals surface area contributed by atoms with Gasteiger partial charge in [0.2, 0.25) is 5.91 Å². The van der Waals surface area contributed by atoms with Crippen LogP contribution in [-0.2, 0) is 11.8 Å². The predicted molar refractivity (Wildman–Crippen MR) is 266 cm³/mol. The molecule has 0 saturated heterocycles. The van der Waals surface area contributed by atoms with Crippen molar-refractivity contribution in [3.05, 3.63) is 150 Å². The maximum absolute atomic E-state index is 14.2. The van der Waals surface area contributed by atoms with Crippen LogP contribution in [-0.4, -0.2) is 131 Å². The molecule has 73 heavy (non-hydrogen) atoms. The van der Waals surface area contributed by atoms with Crippen molar-refractivity contribution < 1.29 is 48.2 Å². The van der Waals surface area contributed by atoms with Crippen molar-refractivity contribution in [3.8, 4) is 0 Å². The van der Waals surface area contributed by atoms with Crippen LogP contribution in [0.25, 0.3) is 21.5 Å². The van der Waals surface area contributed by atoms with Crippen molar-refractivity contribution in [3.63, 3.8) is 0 Å². The van der Waals surface area contributed by atoms with E-state index in [0.717, 1.165) is 34.9 Å². The first-order valence-electron chi connectivity index (χ1n) is 22.9. The van der Waals surface area contributed by atoms with Crippen LogP contribution in [0.4, 0.5) is 22.7 Å². The summed E-state index contributed by atoms with van der Waals surface area (Å²) in [7, 11) is 5.52. The van der Waals surface area contributed by atoms with E-state index in [4.69, 9.17) is 0 Å². The zero-order chi connectivity index (χ0) is 52.2. The average Bonchev–Trinajstić information content (AvgIpc) is 3.73. The van der Waals surface area contributed by atoms with Crippen LogP contribution in [0, 0.1) is 20.2 Å². The number of non-ortho nitro benzene ring substituents is 2. The van der Waals surface area contributed by atoms with E-state index in [1.54, 1.807) is 29.9 Å². The minimum absolute atomic E-state index is 0.0229. The summed E-state index contributed by atoms with van der Waals surface area (Å²) >= 11 is 0. The van der Waals surface area contributed by atoms with E-state index in [-0.39, 0.29) is 101 Å². The largest absolute Gasteiger partial charge is 0.352 e. The molecule has 8 rings (SSSR count). The standard InChI is InChI=1S/C50H47N11O12/c1-56(2)17-6-12-52-46(65)40-24-32(27-57(40)3)55-41(62)11-13-53-44(63)30-19-31(23-33(22-30)59-49(68)37-10-5-8-29-21-35(61(72)73)26-39(43(29)37)50(59)69)45(64)54-15-14-51-16-18-58-47(66)36-9-4-7-28-20-34(60(70)71)25-38(42(28)36)48(58)67/h4-5,7-10,19-27,51H,6,11-18H2,1-3H3,(H,52,65)(H,53,63)(H,54,64)(H,55,62). The molecule has 5 N–H and O–H groups in total. The van der Waals surface area contributed by atoms with Gasteiger partial charge in [-0.05, 0) is 74.2 Å². The van der Waals surface area contributed by atoms with Crippen LogP contribution in [0.1, 0.15) is 85.5 Å². The highest BCUT2D eigenvalue weighted by Gasteiger charge is 2.37. The summed E-state index contributed by atoms with van der Waals surface area (Å²) in [6.07, 6.45) is 2.09. The summed E-state index contributed by atoms with van der Waals surface area (Å²) in [5, 5.41) is 38.5. The van der Waals surface area contributed by atoms with Gasteiger partial charge in [-0.3, -0.25) is 63.5 Å². The number of aryl methyl sites for hydroxylation is 1. The number of nitro benzene ring substituents is 2. The molecule has 0 fully saturated rings. The lowest BCUT2D eigenvalue weighted by atomic mass is 9.92. The van der Waals surface area contributed by atoms with Gasteiger partial charge in [0.15, 0.2) is 0 Å². The number of anilines is 2. The Hall–Kier alpha value is -9.22. The third-order valence-electron chi connectivity index (χ3n) is 12.2. The molecule has 2 aliphatic rings. The number of nitrogens with zero attached hydrogens (tertiary/aromatic N) is 6. The van der Waals surface area contributed by atoms with Gasteiger partial charge in [-0.1, -0.05) is 24.3 Å². The number of carbonyl (C=O) groups excluding carboxylic acids is 8. The van der Waals surface area contributed by atoms with E-state index in [1.165, 1.54) is 60.7 Å². The molecule has 6 aromatic rings.